The van der Waals surface area contributed by atoms with E-state index in [9.17, 15) is 0 Å². The molecule has 0 radical (unpaired) electrons. The smallest absolute Gasteiger partial charge is 0.0596 e. The topological polar surface area (TPSA) is 17.8 Å². The summed E-state index contributed by atoms with van der Waals surface area (Å²) in [6, 6.07) is 2.21. The summed E-state index contributed by atoms with van der Waals surface area (Å²) in [4.78, 5) is 0.720. The second kappa shape index (κ2) is 4.05. The van der Waals surface area contributed by atoms with Gasteiger partial charge in [-0.05, 0) is 38.2 Å². The van der Waals surface area contributed by atoms with Crippen LogP contribution in [-0.4, -0.2) is 14.6 Å². The second-order valence-corrected chi connectivity index (χ2v) is 5.49. The predicted molar refractivity (Wildman–Crippen MR) is 61.7 cm³/mol. The molecule has 1 aromatic heterocycles. The summed E-state index contributed by atoms with van der Waals surface area (Å²) < 4.78 is 2.02. The first-order valence-corrected chi connectivity index (χ1v) is 6.22. The molecule has 0 aromatic carbocycles. The van der Waals surface area contributed by atoms with Gasteiger partial charge in [-0.1, -0.05) is 22.4 Å². The van der Waals surface area contributed by atoms with Gasteiger partial charge in [0, 0.05) is 17.6 Å². The minimum atomic E-state index is 0.720. The quantitative estimate of drug-likeness (QED) is 0.745. The molecule has 2 unspecified atom stereocenters. The van der Waals surface area contributed by atoms with Gasteiger partial charge in [-0.3, -0.25) is 4.68 Å². The molecule has 2 atom stereocenters. The maximum absolute atomic E-state index is 4.38. The van der Waals surface area contributed by atoms with Crippen LogP contribution < -0.4 is 0 Å². The fraction of sp³-hybridized carbons (Fsp3) is 0.727. The Kier molecular flexibility index (Phi) is 2.96. The monoisotopic (exact) mass is 256 g/mol. The lowest BCUT2D eigenvalue weighted by molar-refractivity contribution is 0.534. The van der Waals surface area contributed by atoms with Crippen LogP contribution in [0, 0.1) is 12.8 Å². The number of halogens is 1. The standard InChI is InChI=1S/C11H17BrN2/c1-8-6-10(14(2)13-8)7-9-4-3-5-11(9)12/h6,9,11H,3-5,7H2,1-2H3. The molecule has 2 rings (SSSR count). The van der Waals surface area contributed by atoms with Crippen LogP contribution in [0.3, 0.4) is 0 Å². The van der Waals surface area contributed by atoms with Crippen molar-refractivity contribution in [3.63, 3.8) is 0 Å². The Bertz CT molecular complexity index is 319. The number of aryl methyl sites for hydroxylation is 2. The number of rotatable bonds is 2. The predicted octanol–water partition coefficient (Wildman–Crippen LogP) is 2.83. The van der Waals surface area contributed by atoms with Gasteiger partial charge >= 0.3 is 0 Å². The molecule has 0 aliphatic heterocycles. The van der Waals surface area contributed by atoms with Crippen molar-refractivity contribution < 1.29 is 0 Å². The number of hydrogen-bond donors (Lipinski definition) is 0. The fourth-order valence-electron chi connectivity index (χ4n) is 2.35. The third-order valence-electron chi connectivity index (χ3n) is 3.14. The van der Waals surface area contributed by atoms with Gasteiger partial charge in [-0.15, -0.1) is 0 Å². The molecule has 0 N–H and O–H groups in total. The number of hydrogen-bond acceptors (Lipinski definition) is 1. The summed E-state index contributed by atoms with van der Waals surface area (Å²) in [5, 5.41) is 4.38. The molecule has 0 spiro atoms. The Labute approximate surface area is 93.8 Å². The minimum absolute atomic E-state index is 0.720. The molecule has 0 bridgehead atoms. The van der Waals surface area contributed by atoms with Crippen molar-refractivity contribution in [3.8, 4) is 0 Å². The Hall–Kier alpha value is -0.310. The molecule has 0 amide bonds. The zero-order valence-electron chi connectivity index (χ0n) is 8.83. The Morgan fingerprint density at radius 2 is 2.36 bits per heavy atom. The van der Waals surface area contributed by atoms with Gasteiger partial charge in [0.2, 0.25) is 0 Å². The van der Waals surface area contributed by atoms with E-state index in [0.29, 0.717) is 0 Å². The molecule has 2 nitrogen and oxygen atoms in total. The molecular weight excluding hydrogens is 240 g/mol. The first kappa shape index (κ1) is 10.2. The highest BCUT2D eigenvalue weighted by molar-refractivity contribution is 9.09. The lowest BCUT2D eigenvalue weighted by Gasteiger charge is -2.13. The lowest BCUT2D eigenvalue weighted by atomic mass is 10.0. The summed E-state index contributed by atoms with van der Waals surface area (Å²) in [5.74, 6) is 0.810. The third-order valence-corrected chi connectivity index (χ3v) is 4.34. The van der Waals surface area contributed by atoms with Crippen LogP contribution in [0.15, 0.2) is 6.07 Å². The molecule has 3 heteroatoms. The fourth-order valence-corrected chi connectivity index (χ4v) is 3.12. The SMILES string of the molecule is Cc1cc(CC2CCCC2Br)n(C)n1. The first-order valence-electron chi connectivity index (χ1n) is 5.30. The van der Waals surface area contributed by atoms with E-state index in [1.165, 1.54) is 31.4 Å². The number of nitrogens with zero attached hydrogens (tertiary/aromatic N) is 2. The Balaban J connectivity index is 2.06. The average molecular weight is 257 g/mol. The van der Waals surface area contributed by atoms with Crippen LogP contribution in [-0.2, 0) is 13.5 Å². The molecule has 1 aliphatic carbocycles. The zero-order chi connectivity index (χ0) is 10.1. The van der Waals surface area contributed by atoms with Crippen molar-refractivity contribution in [1.82, 2.24) is 9.78 Å². The summed E-state index contributed by atoms with van der Waals surface area (Å²) in [6.07, 6.45) is 5.24. The minimum Gasteiger partial charge on any atom is -0.272 e. The van der Waals surface area contributed by atoms with E-state index in [-0.39, 0.29) is 0 Å². The highest BCUT2D eigenvalue weighted by atomic mass is 79.9. The second-order valence-electron chi connectivity index (χ2n) is 4.31. The number of aromatic nitrogens is 2. The average Bonchev–Trinajstić information content (AvgIpc) is 2.62. The molecular formula is C11H17BrN2. The molecule has 1 heterocycles. The first-order chi connectivity index (χ1) is 6.66. The van der Waals surface area contributed by atoms with Gasteiger partial charge in [0.25, 0.3) is 0 Å². The van der Waals surface area contributed by atoms with Crippen molar-refractivity contribution in [2.75, 3.05) is 0 Å². The van der Waals surface area contributed by atoms with E-state index in [4.69, 9.17) is 0 Å². The van der Waals surface area contributed by atoms with Crippen molar-refractivity contribution in [1.29, 1.82) is 0 Å². The largest absolute Gasteiger partial charge is 0.272 e. The van der Waals surface area contributed by atoms with Crippen LogP contribution in [0.5, 0.6) is 0 Å². The third kappa shape index (κ3) is 2.02. The van der Waals surface area contributed by atoms with Crippen molar-refractivity contribution in [2.45, 2.75) is 37.4 Å². The van der Waals surface area contributed by atoms with Crippen molar-refractivity contribution in [3.05, 3.63) is 17.5 Å². The zero-order valence-corrected chi connectivity index (χ0v) is 10.4. The van der Waals surface area contributed by atoms with Gasteiger partial charge < -0.3 is 0 Å². The van der Waals surface area contributed by atoms with Crippen LogP contribution in [0.1, 0.15) is 30.7 Å². The van der Waals surface area contributed by atoms with Gasteiger partial charge in [0.1, 0.15) is 0 Å². The summed E-state index contributed by atoms with van der Waals surface area (Å²) in [7, 11) is 2.04. The van der Waals surface area contributed by atoms with Crippen LogP contribution in [0.4, 0.5) is 0 Å². The number of alkyl halides is 1. The van der Waals surface area contributed by atoms with E-state index in [2.05, 4.69) is 34.0 Å². The van der Waals surface area contributed by atoms with Crippen LogP contribution in [0.2, 0.25) is 0 Å². The van der Waals surface area contributed by atoms with Crippen molar-refractivity contribution in [2.24, 2.45) is 13.0 Å². The maximum Gasteiger partial charge on any atom is 0.0596 e. The summed E-state index contributed by atoms with van der Waals surface area (Å²) >= 11 is 3.76. The normalized spacial score (nSPS) is 27.1. The molecule has 1 aromatic rings. The van der Waals surface area contributed by atoms with E-state index >= 15 is 0 Å². The van der Waals surface area contributed by atoms with E-state index in [0.717, 1.165) is 16.4 Å². The molecule has 1 aliphatic rings. The van der Waals surface area contributed by atoms with Gasteiger partial charge in [0.15, 0.2) is 0 Å². The van der Waals surface area contributed by atoms with Crippen LogP contribution in [0.25, 0.3) is 0 Å². The molecule has 78 valence electrons. The van der Waals surface area contributed by atoms with Gasteiger partial charge in [0.05, 0.1) is 5.69 Å². The molecule has 14 heavy (non-hydrogen) atoms. The summed E-state index contributed by atoms with van der Waals surface area (Å²) in [6.45, 7) is 2.06. The summed E-state index contributed by atoms with van der Waals surface area (Å²) in [5.41, 5.74) is 2.51. The Morgan fingerprint density at radius 3 is 2.86 bits per heavy atom. The van der Waals surface area contributed by atoms with E-state index < -0.39 is 0 Å². The highest BCUT2D eigenvalue weighted by Gasteiger charge is 2.25. The molecule has 1 saturated carbocycles. The van der Waals surface area contributed by atoms with Gasteiger partial charge in [-0.2, -0.15) is 5.10 Å². The van der Waals surface area contributed by atoms with Crippen molar-refractivity contribution >= 4 is 15.9 Å². The van der Waals surface area contributed by atoms with E-state index in [1.807, 2.05) is 11.7 Å². The highest BCUT2D eigenvalue weighted by Crippen LogP contribution is 2.33. The lowest BCUT2D eigenvalue weighted by Crippen LogP contribution is -2.12. The van der Waals surface area contributed by atoms with Gasteiger partial charge in [-0.25, -0.2) is 0 Å². The Morgan fingerprint density at radius 1 is 1.57 bits per heavy atom. The maximum atomic E-state index is 4.38. The van der Waals surface area contributed by atoms with E-state index in [1.54, 1.807) is 0 Å². The van der Waals surface area contributed by atoms with Crippen LogP contribution >= 0.6 is 15.9 Å². The molecule has 1 fully saturated rings. The molecule has 0 saturated heterocycles.